The third kappa shape index (κ3) is 4.60. The van der Waals surface area contributed by atoms with Crippen LogP contribution >= 0.6 is 0 Å². The Morgan fingerprint density at radius 3 is 2.42 bits per heavy atom. The molecule has 1 amide bonds. The van der Waals surface area contributed by atoms with Crippen LogP contribution in [0.1, 0.15) is 52.1 Å². The number of carbonyl (C=O) groups is 2. The van der Waals surface area contributed by atoms with E-state index < -0.39 is 17.6 Å². The van der Waals surface area contributed by atoms with E-state index in [-0.39, 0.29) is 47.5 Å². The Kier molecular flexibility index (Phi) is 6.44. The molecule has 4 rings (SSSR count). The Bertz CT molecular complexity index is 1190. The normalized spacial score (nSPS) is 15.4. The number of hydrogen-bond acceptors (Lipinski definition) is 5. The van der Waals surface area contributed by atoms with Crippen molar-refractivity contribution in [1.82, 2.24) is 15.3 Å². The van der Waals surface area contributed by atoms with Crippen molar-refractivity contribution in [2.45, 2.75) is 32.6 Å². The Hall–Kier alpha value is -3.68. The average molecular weight is 451 g/mol. The minimum atomic E-state index is -0.788. The van der Waals surface area contributed by atoms with E-state index in [1.54, 1.807) is 13.8 Å². The van der Waals surface area contributed by atoms with E-state index in [1.165, 1.54) is 6.07 Å². The Labute approximate surface area is 190 Å². The van der Waals surface area contributed by atoms with E-state index in [0.29, 0.717) is 12.2 Å². The number of halogens is 2. The van der Waals surface area contributed by atoms with E-state index in [0.717, 1.165) is 29.7 Å². The summed E-state index contributed by atoms with van der Waals surface area (Å²) in [6.07, 6.45) is 0.964. The van der Waals surface area contributed by atoms with Crippen LogP contribution in [0.15, 0.2) is 42.5 Å². The summed E-state index contributed by atoms with van der Waals surface area (Å²) in [6, 6.07) is 11.0. The second-order valence-corrected chi connectivity index (χ2v) is 7.82. The van der Waals surface area contributed by atoms with Crippen molar-refractivity contribution in [3.63, 3.8) is 0 Å². The average Bonchev–Trinajstić information content (AvgIpc) is 3.20. The van der Waals surface area contributed by atoms with Gasteiger partial charge in [-0.25, -0.2) is 23.5 Å². The van der Waals surface area contributed by atoms with Crippen LogP contribution in [0.5, 0.6) is 0 Å². The largest absolute Gasteiger partial charge is 0.462 e. The van der Waals surface area contributed by atoms with E-state index in [9.17, 15) is 18.4 Å². The number of carbonyl (C=O) groups excluding carboxylic acids is 2. The number of nitrogens with one attached hydrogen (secondary N) is 1. The van der Waals surface area contributed by atoms with Crippen molar-refractivity contribution >= 4 is 11.9 Å². The molecule has 1 aliphatic heterocycles. The molecule has 0 bridgehead atoms. The summed E-state index contributed by atoms with van der Waals surface area (Å²) in [5, 5.41) is 2.82. The number of nitrogens with zero attached hydrogens (tertiary/aromatic N) is 2. The molecule has 1 fully saturated rings. The molecule has 1 saturated heterocycles. The maximum atomic E-state index is 14.4. The first-order valence-electron chi connectivity index (χ1n) is 10.7. The molecule has 0 saturated carbocycles. The van der Waals surface area contributed by atoms with Crippen LogP contribution in [-0.4, -0.2) is 35.0 Å². The fourth-order valence-corrected chi connectivity index (χ4v) is 4.03. The monoisotopic (exact) mass is 451 g/mol. The lowest BCUT2D eigenvalue weighted by molar-refractivity contribution is -0.120. The van der Waals surface area contributed by atoms with Crippen LogP contribution in [0.25, 0.3) is 11.4 Å². The molecular formula is C25H23F2N3O3. The van der Waals surface area contributed by atoms with Crippen molar-refractivity contribution in [2.24, 2.45) is 0 Å². The first-order chi connectivity index (χ1) is 15.9. The first-order valence-corrected chi connectivity index (χ1v) is 10.7. The molecule has 2 aromatic carbocycles. The minimum Gasteiger partial charge on any atom is -0.462 e. The van der Waals surface area contributed by atoms with E-state index in [1.807, 2.05) is 24.3 Å². The van der Waals surface area contributed by atoms with Gasteiger partial charge in [0.25, 0.3) is 0 Å². The standard InChI is InChI=1S/C25H23F2N3O3/c1-3-33-25(32)21-14(2)29-23(22-18(26)5-4-6-19(22)27)30-20(21)13-15-7-9-16(10-8-15)17-11-12-28-24(17)31/h4-10,17H,3,11-13H2,1-2H3,(H,28,31). The summed E-state index contributed by atoms with van der Waals surface area (Å²) in [5.74, 6) is -2.47. The van der Waals surface area contributed by atoms with Gasteiger partial charge in [-0.15, -0.1) is 0 Å². The quantitative estimate of drug-likeness (QED) is 0.571. The van der Waals surface area contributed by atoms with Gasteiger partial charge in [0, 0.05) is 13.0 Å². The van der Waals surface area contributed by atoms with Gasteiger partial charge in [0.15, 0.2) is 5.82 Å². The van der Waals surface area contributed by atoms with Gasteiger partial charge < -0.3 is 10.1 Å². The molecule has 1 atom stereocenters. The highest BCUT2D eigenvalue weighted by Gasteiger charge is 2.26. The van der Waals surface area contributed by atoms with Crippen LogP contribution in [0.2, 0.25) is 0 Å². The lowest BCUT2D eigenvalue weighted by Gasteiger charge is -2.14. The maximum Gasteiger partial charge on any atom is 0.341 e. The summed E-state index contributed by atoms with van der Waals surface area (Å²) >= 11 is 0. The lowest BCUT2D eigenvalue weighted by Crippen LogP contribution is -2.17. The first kappa shape index (κ1) is 22.5. The number of aryl methyl sites for hydroxylation is 1. The Balaban J connectivity index is 1.74. The van der Waals surface area contributed by atoms with E-state index in [4.69, 9.17) is 4.74 Å². The summed E-state index contributed by atoms with van der Waals surface area (Å²) in [5.41, 5.74) is 2.14. The van der Waals surface area contributed by atoms with Gasteiger partial charge in [0.2, 0.25) is 5.91 Å². The third-order valence-corrected chi connectivity index (χ3v) is 5.63. The van der Waals surface area contributed by atoms with Gasteiger partial charge in [0.05, 0.1) is 29.5 Å². The zero-order chi connectivity index (χ0) is 23.5. The minimum absolute atomic E-state index is 0.00956. The molecule has 33 heavy (non-hydrogen) atoms. The zero-order valence-electron chi connectivity index (χ0n) is 18.3. The molecular weight excluding hydrogens is 428 g/mol. The van der Waals surface area contributed by atoms with Crippen molar-refractivity contribution in [2.75, 3.05) is 13.2 Å². The van der Waals surface area contributed by atoms with E-state index >= 15 is 0 Å². The number of benzene rings is 2. The molecule has 0 aliphatic carbocycles. The van der Waals surface area contributed by atoms with Crippen LogP contribution < -0.4 is 5.32 Å². The molecule has 0 radical (unpaired) electrons. The highest BCUT2D eigenvalue weighted by atomic mass is 19.1. The Morgan fingerprint density at radius 2 is 1.82 bits per heavy atom. The van der Waals surface area contributed by atoms with Crippen molar-refractivity contribution in [3.05, 3.63) is 82.2 Å². The summed E-state index contributed by atoms with van der Waals surface area (Å²) in [4.78, 5) is 33.2. The molecule has 6 nitrogen and oxygen atoms in total. The zero-order valence-corrected chi connectivity index (χ0v) is 18.3. The fraction of sp³-hybridized carbons (Fsp3) is 0.280. The highest BCUT2D eigenvalue weighted by Crippen LogP contribution is 2.28. The van der Waals surface area contributed by atoms with Gasteiger partial charge >= 0.3 is 5.97 Å². The molecule has 1 aliphatic rings. The summed E-state index contributed by atoms with van der Waals surface area (Å²) in [7, 11) is 0. The predicted molar refractivity (Wildman–Crippen MR) is 118 cm³/mol. The van der Waals surface area contributed by atoms with Crippen LogP contribution in [0.4, 0.5) is 8.78 Å². The topological polar surface area (TPSA) is 81.2 Å². The highest BCUT2D eigenvalue weighted by molar-refractivity contribution is 5.92. The van der Waals surface area contributed by atoms with Crippen LogP contribution in [-0.2, 0) is 16.0 Å². The second kappa shape index (κ2) is 9.44. The maximum absolute atomic E-state index is 14.4. The van der Waals surface area contributed by atoms with Gasteiger partial charge in [-0.3, -0.25) is 4.79 Å². The lowest BCUT2D eigenvalue weighted by atomic mass is 9.95. The van der Waals surface area contributed by atoms with Crippen LogP contribution in [0.3, 0.4) is 0 Å². The predicted octanol–water partition coefficient (Wildman–Crippen LogP) is 4.10. The smallest absolute Gasteiger partial charge is 0.341 e. The molecule has 1 aromatic heterocycles. The fourth-order valence-electron chi connectivity index (χ4n) is 4.03. The molecule has 1 N–H and O–H groups in total. The third-order valence-electron chi connectivity index (χ3n) is 5.63. The van der Waals surface area contributed by atoms with Gasteiger partial charge in [-0.05, 0) is 43.5 Å². The second-order valence-electron chi connectivity index (χ2n) is 7.82. The van der Waals surface area contributed by atoms with Gasteiger partial charge in [0.1, 0.15) is 17.2 Å². The van der Waals surface area contributed by atoms with Crippen molar-refractivity contribution in [3.8, 4) is 11.4 Å². The van der Waals surface area contributed by atoms with Gasteiger partial charge in [-0.1, -0.05) is 30.3 Å². The molecule has 170 valence electrons. The molecule has 1 unspecified atom stereocenters. The SMILES string of the molecule is CCOC(=O)c1c(C)nc(-c2c(F)cccc2F)nc1Cc1ccc(C2CCNC2=O)cc1. The molecule has 2 heterocycles. The van der Waals surface area contributed by atoms with Crippen molar-refractivity contribution in [1.29, 1.82) is 0 Å². The summed E-state index contributed by atoms with van der Waals surface area (Å²) in [6.45, 7) is 4.10. The Morgan fingerprint density at radius 1 is 1.12 bits per heavy atom. The number of amides is 1. The van der Waals surface area contributed by atoms with Crippen molar-refractivity contribution < 1.29 is 23.1 Å². The summed E-state index contributed by atoms with van der Waals surface area (Å²) < 4.78 is 33.9. The molecule has 0 spiro atoms. The number of esters is 1. The molecule has 8 heteroatoms. The van der Waals surface area contributed by atoms with E-state index in [2.05, 4.69) is 15.3 Å². The van der Waals surface area contributed by atoms with Crippen LogP contribution in [0, 0.1) is 18.6 Å². The number of aromatic nitrogens is 2. The number of rotatable bonds is 6. The number of hydrogen-bond donors (Lipinski definition) is 1. The molecule has 3 aromatic rings. The van der Waals surface area contributed by atoms with Gasteiger partial charge in [-0.2, -0.15) is 0 Å². The number of ether oxygens (including phenoxy) is 1.